The van der Waals surface area contributed by atoms with Crippen LogP contribution in [0.5, 0.6) is 0 Å². The van der Waals surface area contributed by atoms with Crippen molar-refractivity contribution in [1.82, 2.24) is 14.7 Å². The van der Waals surface area contributed by atoms with Gasteiger partial charge in [-0.2, -0.15) is 0 Å². The van der Waals surface area contributed by atoms with E-state index in [1.807, 2.05) is 47.1 Å². The molecular formula is C16H14BrN3O. The average molecular weight is 344 g/mol. The molecular weight excluding hydrogens is 330 g/mol. The van der Waals surface area contributed by atoms with Gasteiger partial charge < -0.3 is 9.72 Å². The summed E-state index contributed by atoms with van der Waals surface area (Å²) in [5, 5.41) is 2.91. The lowest BCUT2D eigenvalue weighted by molar-refractivity contribution is 0.0954. The molecule has 4 nitrogen and oxygen atoms in total. The van der Waals surface area contributed by atoms with Gasteiger partial charge in [-0.3, -0.25) is 4.79 Å². The molecule has 1 N–H and O–H groups in total. The van der Waals surface area contributed by atoms with Crippen molar-refractivity contribution in [3.05, 3.63) is 70.6 Å². The molecule has 0 unspecified atom stereocenters. The summed E-state index contributed by atoms with van der Waals surface area (Å²) in [7, 11) is 0. The van der Waals surface area contributed by atoms with Crippen molar-refractivity contribution in [2.75, 3.05) is 6.54 Å². The second-order valence-electron chi connectivity index (χ2n) is 4.71. The van der Waals surface area contributed by atoms with Crippen LogP contribution >= 0.6 is 15.9 Å². The zero-order valence-corrected chi connectivity index (χ0v) is 12.9. The summed E-state index contributed by atoms with van der Waals surface area (Å²) in [6.45, 7) is 0.565. The molecule has 0 aliphatic heterocycles. The number of carbonyl (C=O) groups excluding carboxylic acids is 1. The highest BCUT2D eigenvalue weighted by atomic mass is 79.9. The molecule has 21 heavy (non-hydrogen) atoms. The minimum Gasteiger partial charge on any atom is -0.352 e. The molecule has 5 heteroatoms. The van der Waals surface area contributed by atoms with E-state index in [1.165, 1.54) is 0 Å². The van der Waals surface area contributed by atoms with Gasteiger partial charge in [-0.15, -0.1) is 0 Å². The fourth-order valence-electron chi connectivity index (χ4n) is 2.14. The lowest BCUT2D eigenvalue weighted by Gasteiger charge is -2.04. The Bertz CT molecular complexity index is 749. The second kappa shape index (κ2) is 6.10. The van der Waals surface area contributed by atoms with Crippen LogP contribution < -0.4 is 5.32 Å². The highest BCUT2D eigenvalue weighted by molar-refractivity contribution is 9.10. The quantitative estimate of drug-likeness (QED) is 0.791. The van der Waals surface area contributed by atoms with Crippen LogP contribution in [0.25, 0.3) is 5.65 Å². The number of fused-ring (bicyclic) bond motifs is 1. The molecule has 3 rings (SSSR count). The predicted molar refractivity (Wildman–Crippen MR) is 85.4 cm³/mol. The van der Waals surface area contributed by atoms with Crippen molar-refractivity contribution in [2.45, 2.75) is 6.42 Å². The van der Waals surface area contributed by atoms with Crippen molar-refractivity contribution >= 4 is 27.5 Å². The zero-order valence-electron chi connectivity index (χ0n) is 11.3. The molecule has 0 bridgehead atoms. The molecule has 0 radical (unpaired) electrons. The van der Waals surface area contributed by atoms with E-state index >= 15 is 0 Å². The Balaban J connectivity index is 1.59. The molecule has 0 saturated carbocycles. The van der Waals surface area contributed by atoms with E-state index < -0.39 is 0 Å². The third-order valence-electron chi connectivity index (χ3n) is 3.17. The van der Waals surface area contributed by atoms with Gasteiger partial charge in [0.1, 0.15) is 5.65 Å². The van der Waals surface area contributed by atoms with Gasteiger partial charge in [-0.05, 0) is 30.3 Å². The number of carbonyl (C=O) groups is 1. The van der Waals surface area contributed by atoms with Crippen LogP contribution in [0.1, 0.15) is 16.1 Å². The molecule has 1 aromatic carbocycles. The monoisotopic (exact) mass is 343 g/mol. The van der Waals surface area contributed by atoms with Crippen molar-refractivity contribution < 1.29 is 4.79 Å². The van der Waals surface area contributed by atoms with Gasteiger partial charge in [0.15, 0.2) is 0 Å². The number of hydrogen-bond donors (Lipinski definition) is 1. The summed E-state index contributed by atoms with van der Waals surface area (Å²) in [6, 6.07) is 13.2. The van der Waals surface area contributed by atoms with Gasteiger partial charge in [-0.1, -0.05) is 28.1 Å². The Labute approximate surface area is 131 Å². The topological polar surface area (TPSA) is 46.4 Å². The Kier molecular flexibility index (Phi) is 4.01. The molecule has 106 valence electrons. The Hall–Kier alpha value is -2.14. The van der Waals surface area contributed by atoms with Crippen LogP contribution in [-0.2, 0) is 6.42 Å². The number of nitrogens with one attached hydrogen (secondary N) is 1. The van der Waals surface area contributed by atoms with Crippen LogP contribution in [0.15, 0.2) is 59.3 Å². The molecule has 3 aromatic rings. The maximum Gasteiger partial charge on any atom is 0.251 e. The minimum absolute atomic E-state index is 0.0694. The van der Waals surface area contributed by atoms with Gasteiger partial charge in [0, 0.05) is 35.4 Å². The number of imidazole rings is 1. The third-order valence-corrected chi connectivity index (χ3v) is 3.66. The number of nitrogens with zero attached hydrogens (tertiary/aromatic N) is 2. The standard InChI is InChI=1S/C16H14BrN3O/c17-13-5-3-4-12(10-13)16(21)18-8-7-14-11-20-9-2-1-6-15(20)19-14/h1-6,9-11H,7-8H2,(H,18,21). The lowest BCUT2D eigenvalue weighted by Crippen LogP contribution is -2.25. The number of amides is 1. The number of aromatic nitrogens is 2. The van der Waals surface area contributed by atoms with Crippen molar-refractivity contribution in [2.24, 2.45) is 0 Å². The molecule has 0 aliphatic rings. The molecule has 0 fully saturated rings. The van der Waals surface area contributed by atoms with E-state index in [4.69, 9.17) is 0 Å². The highest BCUT2D eigenvalue weighted by Crippen LogP contribution is 2.11. The maximum atomic E-state index is 12.0. The van der Waals surface area contributed by atoms with E-state index in [0.29, 0.717) is 18.5 Å². The Morgan fingerprint density at radius 3 is 2.95 bits per heavy atom. The molecule has 0 atom stereocenters. The maximum absolute atomic E-state index is 12.0. The molecule has 2 aromatic heterocycles. The van der Waals surface area contributed by atoms with Crippen LogP contribution in [-0.4, -0.2) is 21.8 Å². The Morgan fingerprint density at radius 1 is 1.24 bits per heavy atom. The zero-order chi connectivity index (χ0) is 14.7. The van der Waals surface area contributed by atoms with E-state index in [-0.39, 0.29) is 5.91 Å². The lowest BCUT2D eigenvalue weighted by atomic mass is 10.2. The normalized spacial score (nSPS) is 10.7. The summed E-state index contributed by atoms with van der Waals surface area (Å²) in [4.78, 5) is 16.5. The van der Waals surface area contributed by atoms with E-state index in [0.717, 1.165) is 15.8 Å². The van der Waals surface area contributed by atoms with Gasteiger partial charge in [0.25, 0.3) is 5.91 Å². The van der Waals surface area contributed by atoms with Crippen molar-refractivity contribution in [3.8, 4) is 0 Å². The number of hydrogen-bond acceptors (Lipinski definition) is 2. The van der Waals surface area contributed by atoms with Gasteiger partial charge in [-0.25, -0.2) is 4.98 Å². The first kappa shape index (κ1) is 13.8. The summed E-state index contributed by atoms with van der Waals surface area (Å²) in [5.41, 5.74) is 2.54. The number of benzene rings is 1. The van der Waals surface area contributed by atoms with Crippen LogP contribution in [0.4, 0.5) is 0 Å². The Morgan fingerprint density at radius 2 is 2.14 bits per heavy atom. The van der Waals surface area contributed by atoms with Crippen LogP contribution in [0.3, 0.4) is 0 Å². The molecule has 0 spiro atoms. The number of halogens is 1. The average Bonchev–Trinajstić information content (AvgIpc) is 2.89. The van der Waals surface area contributed by atoms with Gasteiger partial charge in [0.2, 0.25) is 0 Å². The molecule has 0 saturated heterocycles. The largest absolute Gasteiger partial charge is 0.352 e. The summed E-state index contributed by atoms with van der Waals surface area (Å²) in [6.07, 6.45) is 4.66. The highest BCUT2D eigenvalue weighted by Gasteiger charge is 2.06. The third kappa shape index (κ3) is 3.31. The number of rotatable bonds is 4. The molecule has 1 amide bonds. The van der Waals surface area contributed by atoms with E-state index in [2.05, 4.69) is 26.2 Å². The fourth-order valence-corrected chi connectivity index (χ4v) is 2.54. The van der Waals surface area contributed by atoms with Crippen LogP contribution in [0.2, 0.25) is 0 Å². The smallest absolute Gasteiger partial charge is 0.251 e. The SMILES string of the molecule is O=C(NCCc1cn2ccccc2n1)c1cccc(Br)c1. The first-order chi connectivity index (χ1) is 10.2. The number of pyridine rings is 1. The first-order valence-electron chi connectivity index (χ1n) is 6.69. The van der Waals surface area contributed by atoms with Crippen molar-refractivity contribution in [1.29, 1.82) is 0 Å². The van der Waals surface area contributed by atoms with E-state index in [1.54, 1.807) is 12.1 Å². The van der Waals surface area contributed by atoms with Crippen LogP contribution in [0, 0.1) is 0 Å². The fraction of sp³-hybridized carbons (Fsp3) is 0.125. The summed E-state index contributed by atoms with van der Waals surface area (Å²) < 4.78 is 2.88. The van der Waals surface area contributed by atoms with Gasteiger partial charge in [0.05, 0.1) is 5.69 Å². The second-order valence-corrected chi connectivity index (χ2v) is 5.63. The van der Waals surface area contributed by atoms with Crippen molar-refractivity contribution in [3.63, 3.8) is 0 Å². The first-order valence-corrected chi connectivity index (χ1v) is 7.48. The summed E-state index contributed by atoms with van der Waals surface area (Å²) >= 11 is 3.36. The molecule has 2 heterocycles. The predicted octanol–water partition coefficient (Wildman–Crippen LogP) is 3.07. The van der Waals surface area contributed by atoms with E-state index in [9.17, 15) is 4.79 Å². The molecule has 0 aliphatic carbocycles. The van der Waals surface area contributed by atoms with Gasteiger partial charge >= 0.3 is 0 Å². The summed E-state index contributed by atoms with van der Waals surface area (Å²) in [5.74, 6) is -0.0694. The minimum atomic E-state index is -0.0694.